The first kappa shape index (κ1) is 14.1. The minimum Gasteiger partial charge on any atom is -0.480 e. The number of carbonyl (C=O) groups is 2. The number of aliphatic carboxylic acids is 1. The van der Waals surface area contributed by atoms with Crippen LogP contribution in [0.3, 0.4) is 0 Å². The number of amides is 2. The van der Waals surface area contributed by atoms with E-state index < -0.39 is 12.0 Å². The average molecular weight is 269 g/mol. The number of nitrogens with zero attached hydrogens (tertiary/aromatic N) is 2. The molecule has 2 aliphatic rings. The summed E-state index contributed by atoms with van der Waals surface area (Å²) in [4.78, 5) is 27.4. The Kier molecular flexibility index (Phi) is 4.29. The SMILES string of the molecule is CC1CN(C)CCCN1C(=O)NC(C(=O)O)C1CC1. The van der Waals surface area contributed by atoms with Gasteiger partial charge in [-0.25, -0.2) is 9.59 Å². The van der Waals surface area contributed by atoms with Crippen molar-refractivity contribution in [3.05, 3.63) is 0 Å². The number of carboxylic acid groups (broad SMARTS) is 1. The van der Waals surface area contributed by atoms with Crippen molar-refractivity contribution in [2.45, 2.75) is 38.3 Å². The molecule has 1 saturated heterocycles. The summed E-state index contributed by atoms with van der Waals surface area (Å²) in [7, 11) is 2.04. The molecule has 2 rings (SSSR count). The van der Waals surface area contributed by atoms with Crippen molar-refractivity contribution in [1.82, 2.24) is 15.1 Å². The smallest absolute Gasteiger partial charge is 0.326 e. The Balaban J connectivity index is 1.95. The summed E-state index contributed by atoms with van der Waals surface area (Å²) in [5.41, 5.74) is 0. The van der Waals surface area contributed by atoms with Crippen LogP contribution in [0.2, 0.25) is 0 Å². The Labute approximate surface area is 113 Å². The molecule has 2 N–H and O–H groups in total. The largest absolute Gasteiger partial charge is 0.480 e. The van der Waals surface area contributed by atoms with Crippen LogP contribution in [-0.2, 0) is 4.79 Å². The molecule has 0 aromatic carbocycles. The van der Waals surface area contributed by atoms with Gasteiger partial charge in [0.1, 0.15) is 6.04 Å². The Morgan fingerprint density at radius 1 is 1.32 bits per heavy atom. The normalized spacial score (nSPS) is 26.6. The van der Waals surface area contributed by atoms with Gasteiger partial charge in [-0.15, -0.1) is 0 Å². The van der Waals surface area contributed by atoms with E-state index in [2.05, 4.69) is 10.2 Å². The van der Waals surface area contributed by atoms with Gasteiger partial charge >= 0.3 is 12.0 Å². The van der Waals surface area contributed by atoms with E-state index in [1.54, 1.807) is 4.90 Å². The minimum atomic E-state index is -0.921. The number of urea groups is 1. The fourth-order valence-corrected chi connectivity index (χ4v) is 2.70. The van der Waals surface area contributed by atoms with Crippen LogP contribution in [0.5, 0.6) is 0 Å². The Hall–Kier alpha value is -1.30. The lowest BCUT2D eigenvalue weighted by atomic mass is 10.2. The second-order valence-corrected chi connectivity index (χ2v) is 5.76. The van der Waals surface area contributed by atoms with Crippen LogP contribution >= 0.6 is 0 Å². The van der Waals surface area contributed by atoms with Gasteiger partial charge in [0.25, 0.3) is 0 Å². The van der Waals surface area contributed by atoms with Gasteiger partial charge < -0.3 is 20.2 Å². The molecule has 2 atom stereocenters. The van der Waals surface area contributed by atoms with Crippen molar-refractivity contribution in [1.29, 1.82) is 0 Å². The number of carboxylic acids is 1. The van der Waals surface area contributed by atoms with E-state index in [4.69, 9.17) is 5.11 Å². The van der Waals surface area contributed by atoms with Crippen LogP contribution in [0, 0.1) is 5.92 Å². The highest BCUT2D eigenvalue weighted by Crippen LogP contribution is 2.32. The lowest BCUT2D eigenvalue weighted by Crippen LogP contribution is -2.52. The molecule has 0 spiro atoms. The van der Waals surface area contributed by atoms with E-state index >= 15 is 0 Å². The molecule has 2 amide bonds. The number of carbonyl (C=O) groups excluding carboxylic acids is 1. The molecule has 6 heteroatoms. The first-order chi connectivity index (χ1) is 8.99. The monoisotopic (exact) mass is 269 g/mol. The second-order valence-electron chi connectivity index (χ2n) is 5.76. The maximum absolute atomic E-state index is 12.2. The minimum absolute atomic E-state index is 0.112. The fourth-order valence-electron chi connectivity index (χ4n) is 2.70. The van der Waals surface area contributed by atoms with Gasteiger partial charge in [-0.2, -0.15) is 0 Å². The van der Waals surface area contributed by atoms with Crippen LogP contribution in [0.4, 0.5) is 4.79 Å². The quantitative estimate of drug-likeness (QED) is 0.786. The summed E-state index contributed by atoms with van der Waals surface area (Å²) in [6, 6.07) is -0.844. The van der Waals surface area contributed by atoms with E-state index in [1.807, 2.05) is 14.0 Å². The lowest BCUT2D eigenvalue weighted by molar-refractivity contribution is -0.139. The van der Waals surface area contributed by atoms with Crippen molar-refractivity contribution in [3.63, 3.8) is 0 Å². The molecule has 1 aliphatic heterocycles. The van der Waals surface area contributed by atoms with Crippen molar-refractivity contribution < 1.29 is 14.7 Å². The Morgan fingerprint density at radius 2 is 2.00 bits per heavy atom. The molecule has 108 valence electrons. The van der Waals surface area contributed by atoms with E-state index in [0.717, 1.165) is 32.4 Å². The second kappa shape index (κ2) is 5.77. The molecular formula is C13H23N3O3. The zero-order valence-corrected chi connectivity index (χ0v) is 11.6. The summed E-state index contributed by atoms with van der Waals surface area (Å²) in [5.74, 6) is -0.804. The zero-order chi connectivity index (χ0) is 14.0. The predicted octanol–water partition coefficient (Wildman–Crippen LogP) is 0.585. The third kappa shape index (κ3) is 3.59. The molecule has 0 aromatic heterocycles. The molecular weight excluding hydrogens is 246 g/mol. The van der Waals surface area contributed by atoms with E-state index in [0.29, 0.717) is 6.54 Å². The van der Waals surface area contributed by atoms with Gasteiger partial charge in [-0.1, -0.05) is 0 Å². The van der Waals surface area contributed by atoms with Gasteiger partial charge in [-0.05, 0) is 45.7 Å². The standard InChI is InChI=1S/C13H23N3O3/c1-9-8-15(2)6-3-7-16(9)13(19)14-11(12(17)18)10-4-5-10/h9-11H,3-8H2,1-2H3,(H,14,19)(H,17,18). The van der Waals surface area contributed by atoms with E-state index in [9.17, 15) is 9.59 Å². The van der Waals surface area contributed by atoms with E-state index in [1.165, 1.54) is 0 Å². The number of nitrogens with one attached hydrogen (secondary N) is 1. The molecule has 1 saturated carbocycles. The number of rotatable bonds is 3. The molecule has 2 unspecified atom stereocenters. The summed E-state index contributed by atoms with van der Waals surface area (Å²) in [6.07, 6.45) is 2.72. The van der Waals surface area contributed by atoms with Crippen LogP contribution < -0.4 is 5.32 Å². The molecule has 0 radical (unpaired) electrons. The van der Waals surface area contributed by atoms with Crippen LogP contribution in [0.15, 0.2) is 0 Å². The molecule has 2 fully saturated rings. The van der Waals surface area contributed by atoms with Crippen LogP contribution in [0.1, 0.15) is 26.2 Å². The number of hydrogen-bond acceptors (Lipinski definition) is 3. The Morgan fingerprint density at radius 3 is 2.58 bits per heavy atom. The topological polar surface area (TPSA) is 72.9 Å². The van der Waals surface area contributed by atoms with Crippen molar-refractivity contribution in [2.24, 2.45) is 5.92 Å². The maximum Gasteiger partial charge on any atom is 0.326 e. The average Bonchev–Trinajstić information content (AvgIpc) is 3.14. The summed E-state index contributed by atoms with van der Waals surface area (Å²) >= 11 is 0. The molecule has 0 aromatic rings. The lowest BCUT2D eigenvalue weighted by Gasteiger charge is -2.29. The number of likely N-dealkylation sites (N-methyl/N-ethyl adjacent to an activating group) is 1. The molecule has 0 bridgehead atoms. The third-order valence-electron chi connectivity index (χ3n) is 3.95. The van der Waals surface area contributed by atoms with Gasteiger partial charge in [0.05, 0.1) is 0 Å². The van der Waals surface area contributed by atoms with Gasteiger partial charge in [0.2, 0.25) is 0 Å². The molecule has 6 nitrogen and oxygen atoms in total. The van der Waals surface area contributed by atoms with Gasteiger partial charge in [0, 0.05) is 19.1 Å². The highest BCUT2D eigenvalue weighted by molar-refractivity contribution is 5.83. The Bertz CT molecular complexity index is 357. The zero-order valence-electron chi connectivity index (χ0n) is 11.6. The number of hydrogen-bond donors (Lipinski definition) is 2. The highest BCUT2D eigenvalue weighted by atomic mass is 16.4. The predicted molar refractivity (Wildman–Crippen MR) is 71.0 cm³/mol. The fraction of sp³-hybridized carbons (Fsp3) is 0.846. The van der Waals surface area contributed by atoms with Crippen molar-refractivity contribution in [3.8, 4) is 0 Å². The first-order valence-corrected chi connectivity index (χ1v) is 6.97. The van der Waals surface area contributed by atoms with Gasteiger partial charge in [0.15, 0.2) is 0 Å². The summed E-state index contributed by atoms with van der Waals surface area (Å²) < 4.78 is 0. The first-order valence-electron chi connectivity index (χ1n) is 6.97. The van der Waals surface area contributed by atoms with E-state index in [-0.39, 0.29) is 18.0 Å². The van der Waals surface area contributed by atoms with Crippen molar-refractivity contribution in [2.75, 3.05) is 26.7 Å². The van der Waals surface area contributed by atoms with Gasteiger partial charge in [-0.3, -0.25) is 0 Å². The highest BCUT2D eigenvalue weighted by Gasteiger charge is 2.38. The van der Waals surface area contributed by atoms with Crippen LogP contribution in [-0.4, -0.2) is 65.7 Å². The molecule has 19 heavy (non-hydrogen) atoms. The third-order valence-corrected chi connectivity index (χ3v) is 3.95. The van der Waals surface area contributed by atoms with Crippen molar-refractivity contribution >= 4 is 12.0 Å². The molecule has 1 aliphatic carbocycles. The maximum atomic E-state index is 12.2. The van der Waals surface area contributed by atoms with Crippen LogP contribution in [0.25, 0.3) is 0 Å². The molecule has 1 heterocycles. The summed E-state index contributed by atoms with van der Waals surface area (Å²) in [6.45, 7) is 4.50. The summed E-state index contributed by atoms with van der Waals surface area (Å²) in [5, 5.41) is 11.8.